The molecule has 0 aliphatic carbocycles. The third-order valence-electron chi connectivity index (χ3n) is 5.50. The quantitative estimate of drug-likeness (QED) is 0.292. The first-order valence-electron chi connectivity index (χ1n) is 14.4. The number of carbonyl (C=O) groups excluding carboxylic acids is 1. The van der Waals surface area contributed by atoms with Gasteiger partial charge in [0.15, 0.2) is 0 Å². The number of hydrogen-bond acceptors (Lipinski definition) is 3. The van der Waals surface area contributed by atoms with Crippen molar-refractivity contribution in [2.75, 3.05) is 13.1 Å². The molecular formula is C30H64N2O. The molecule has 1 rings (SSSR count). The lowest BCUT2D eigenvalue weighted by molar-refractivity contribution is -0.114. The van der Waals surface area contributed by atoms with Crippen LogP contribution in [0.25, 0.3) is 0 Å². The van der Waals surface area contributed by atoms with Gasteiger partial charge in [-0.25, -0.2) is 0 Å². The van der Waals surface area contributed by atoms with Gasteiger partial charge in [-0.2, -0.15) is 0 Å². The molecule has 33 heavy (non-hydrogen) atoms. The fourth-order valence-corrected chi connectivity index (χ4v) is 4.13. The maximum atomic E-state index is 9.44. The van der Waals surface area contributed by atoms with Gasteiger partial charge in [0.1, 0.15) is 5.78 Å². The lowest BCUT2D eigenvalue weighted by atomic mass is 9.87. The topological polar surface area (TPSA) is 32.3 Å². The van der Waals surface area contributed by atoms with Crippen molar-refractivity contribution in [2.24, 2.45) is 5.92 Å². The minimum atomic E-state index is 0.167. The molecular weight excluding hydrogens is 404 g/mol. The SMILES string of the molecule is C=C1NC(CCCC)(CCCC)CN1CCC(CCC)CCC.CC(C)=O.CCC.CCC. The first-order valence-corrected chi connectivity index (χ1v) is 14.4. The highest BCUT2D eigenvalue weighted by molar-refractivity contribution is 5.72. The molecule has 0 aromatic heterocycles. The van der Waals surface area contributed by atoms with Gasteiger partial charge < -0.3 is 15.0 Å². The van der Waals surface area contributed by atoms with E-state index in [2.05, 4.69) is 72.2 Å². The van der Waals surface area contributed by atoms with Gasteiger partial charge in [-0.15, -0.1) is 0 Å². The van der Waals surface area contributed by atoms with E-state index in [9.17, 15) is 4.79 Å². The number of nitrogens with zero attached hydrogens (tertiary/aromatic N) is 1. The van der Waals surface area contributed by atoms with Gasteiger partial charge in [-0.3, -0.25) is 0 Å². The van der Waals surface area contributed by atoms with Crippen LogP contribution in [0.4, 0.5) is 0 Å². The Balaban J connectivity index is -0.000000761. The molecule has 1 N–H and O–H groups in total. The second kappa shape index (κ2) is 25.6. The summed E-state index contributed by atoms with van der Waals surface area (Å²) in [4.78, 5) is 12.0. The molecule has 200 valence electrons. The van der Waals surface area contributed by atoms with Crippen molar-refractivity contribution in [1.29, 1.82) is 0 Å². The van der Waals surface area contributed by atoms with Crippen LogP contribution >= 0.6 is 0 Å². The van der Waals surface area contributed by atoms with Crippen LogP contribution in [0, 0.1) is 5.92 Å². The number of rotatable bonds is 13. The molecule has 0 aromatic carbocycles. The highest BCUT2D eigenvalue weighted by Crippen LogP contribution is 2.31. The van der Waals surface area contributed by atoms with E-state index in [-0.39, 0.29) is 5.78 Å². The van der Waals surface area contributed by atoms with Crippen LogP contribution in [0.3, 0.4) is 0 Å². The Morgan fingerprint density at radius 2 is 1.24 bits per heavy atom. The predicted octanol–water partition coefficient (Wildman–Crippen LogP) is 9.52. The first kappa shape index (κ1) is 36.6. The molecule has 1 saturated heterocycles. The average molecular weight is 469 g/mol. The summed E-state index contributed by atoms with van der Waals surface area (Å²) < 4.78 is 0. The van der Waals surface area contributed by atoms with Gasteiger partial charge in [-0.1, -0.05) is 126 Å². The molecule has 0 radical (unpaired) electrons. The van der Waals surface area contributed by atoms with Gasteiger partial charge in [0, 0.05) is 13.1 Å². The number of unbranched alkanes of at least 4 members (excludes halogenated alkanes) is 2. The number of carbonyl (C=O) groups is 1. The Labute approximate surface area is 210 Å². The van der Waals surface area contributed by atoms with Crippen molar-refractivity contribution in [1.82, 2.24) is 10.2 Å². The zero-order valence-electron chi connectivity index (χ0n) is 24.7. The van der Waals surface area contributed by atoms with E-state index < -0.39 is 0 Å². The molecule has 0 aromatic rings. The summed E-state index contributed by atoms with van der Waals surface area (Å²) in [6, 6.07) is 0. The highest BCUT2D eigenvalue weighted by Gasteiger charge is 2.38. The van der Waals surface area contributed by atoms with Gasteiger partial charge in [0.05, 0.1) is 11.4 Å². The Morgan fingerprint density at radius 3 is 1.58 bits per heavy atom. The molecule has 0 saturated carbocycles. The average Bonchev–Trinajstić information content (AvgIpc) is 3.06. The molecule has 0 unspecified atom stereocenters. The van der Waals surface area contributed by atoms with Crippen molar-refractivity contribution < 1.29 is 4.79 Å². The number of Topliss-reactive ketones (excluding diaryl/α,β-unsaturated/α-hetero) is 1. The molecule has 0 atom stereocenters. The molecule has 0 bridgehead atoms. The number of ketones is 1. The second-order valence-electron chi connectivity index (χ2n) is 10.0. The van der Waals surface area contributed by atoms with Gasteiger partial charge in [-0.05, 0) is 39.0 Å². The van der Waals surface area contributed by atoms with Crippen molar-refractivity contribution in [3.8, 4) is 0 Å². The van der Waals surface area contributed by atoms with Crippen LogP contribution < -0.4 is 5.32 Å². The molecule has 3 nitrogen and oxygen atoms in total. The zero-order chi connectivity index (χ0) is 26.1. The Morgan fingerprint density at radius 1 is 0.848 bits per heavy atom. The minimum Gasteiger partial charge on any atom is -0.365 e. The van der Waals surface area contributed by atoms with Gasteiger partial charge in [0.2, 0.25) is 0 Å². The number of nitrogens with one attached hydrogen (secondary N) is 1. The maximum Gasteiger partial charge on any atom is 0.126 e. The highest BCUT2D eigenvalue weighted by atomic mass is 16.1. The summed E-state index contributed by atoms with van der Waals surface area (Å²) in [6.07, 6.45) is 17.1. The van der Waals surface area contributed by atoms with Crippen molar-refractivity contribution in [2.45, 2.75) is 158 Å². The summed E-state index contributed by atoms with van der Waals surface area (Å²) in [5.74, 6) is 2.25. The van der Waals surface area contributed by atoms with Crippen LogP contribution in [-0.4, -0.2) is 29.3 Å². The fraction of sp³-hybridized carbons (Fsp3) is 0.900. The van der Waals surface area contributed by atoms with Crippen molar-refractivity contribution >= 4 is 5.78 Å². The normalized spacial score (nSPS) is 13.8. The Kier molecular flexibility index (Phi) is 28.4. The zero-order valence-corrected chi connectivity index (χ0v) is 24.7. The smallest absolute Gasteiger partial charge is 0.126 e. The molecule has 1 aliphatic rings. The molecule has 1 heterocycles. The second-order valence-corrected chi connectivity index (χ2v) is 10.0. The standard InChI is InChI=1S/C21H42N2.C3H6O.2C3H8/c1-6-10-15-21(16-11-7-2)18-23(19(5)22-21)17-14-20(12-8-3)13-9-4;1-3(2)4;2*1-3-2/h20,22H,5-18H2,1-4H3;1-2H3;2*3H2,1-2H3. The molecule has 0 spiro atoms. The molecule has 3 heteroatoms. The third kappa shape index (κ3) is 22.6. The van der Waals surface area contributed by atoms with Crippen LogP contribution in [0.2, 0.25) is 0 Å². The summed E-state index contributed by atoms with van der Waals surface area (Å²) in [6.45, 7) is 27.5. The van der Waals surface area contributed by atoms with E-state index in [1.165, 1.54) is 116 Å². The minimum absolute atomic E-state index is 0.167. The Bertz CT molecular complexity index is 413. The van der Waals surface area contributed by atoms with Gasteiger partial charge >= 0.3 is 0 Å². The lowest BCUT2D eigenvalue weighted by Crippen LogP contribution is -2.42. The van der Waals surface area contributed by atoms with E-state index in [0.29, 0.717) is 5.54 Å². The summed E-state index contributed by atoms with van der Waals surface area (Å²) in [5.41, 5.74) is 0.300. The Hall–Kier alpha value is -0.990. The molecule has 1 fully saturated rings. The summed E-state index contributed by atoms with van der Waals surface area (Å²) in [7, 11) is 0. The maximum absolute atomic E-state index is 9.44. The van der Waals surface area contributed by atoms with E-state index >= 15 is 0 Å². The van der Waals surface area contributed by atoms with Crippen LogP contribution in [0.15, 0.2) is 12.4 Å². The first-order chi connectivity index (χ1) is 15.7. The van der Waals surface area contributed by atoms with E-state index in [0.717, 1.165) is 5.92 Å². The number of hydrogen-bond donors (Lipinski definition) is 1. The van der Waals surface area contributed by atoms with E-state index in [1.54, 1.807) is 0 Å². The fourth-order valence-electron chi connectivity index (χ4n) is 4.13. The molecule has 1 aliphatic heterocycles. The van der Waals surface area contributed by atoms with Crippen molar-refractivity contribution in [3.63, 3.8) is 0 Å². The summed E-state index contributed by atoms with van der Waals surface area (Å²) in [5, 5.41) is 3.81. The predicted molar refractivity (Wildman–Crippen MR) is 152 cm³/mol. The van der Waals surface area contributed by atoms with E-state index in [1.807, 2.05) is 0 Å². The largest absolute Gasteiger partial charge is 0.365 e. The van der Waals surface area contributed by atoms with Crippen LogP contribution in [-0.2, 0) is 4.79 Å². The summed E-state index contributed by atoms with van der Waals surface area (Å²) >= 11 is 0. The third-order valence-corrected chi connectivity index (χ3v) is 5.50. The lowest BCUT2D eigenvalue weighted by Gasteiger charge is -2.29. The van der Waals surface area contributed by atoms with Crippen LogP contribution in [0.1, 0.15) is 153 Å². The van der Waals surface area contributed by atoms with E-state index in [4.69, 9.17) is 0 Å². The van der Waals surface area contributed by atoms with Gasteiger partial charge in [0.25, 0.3) is 0 Å². The monoisotopic (exact) mass is 469 g/mol. The molecule has 0 amide bonds. The van der Waals surface area contributed by atoms with Crippen LogP contribution in [0.5, 0.6) is 0 Å². The van der Waals surface area contributed by atoms with Crippen molar-refractivity contribution in [3.05, 3.63) is 12.4 Å².